The van der Waals surface area contributed by atoms with E-state index in [0.29, 0.717) is 24.3 Å². The Kier molecular flexibility index (Phi) is 3.58. The third-order valence-electron chi connectivity index (χ3n) is 2.67. The summed E-state index contributed by atoms with van der Waals surface area (Å²) in [4.78, 5) is 4.18. The Bertz CT molecular complexity index is 474. The molecule has 1 unspecified atom stereocenters. The van der Waals surface area contributed by atoms with Gasteiger partial charge < -0.3 is 14.4 Å². The van der Waals surface area contributed by atoms with Crippen LogP contribution in [-0.4, -0.2) is 21.3 Å². The number of hydrogen-bond donors (Lipinski definition) is 1. The van der Waals surface area contributed by atoms with Crippen LogP contribution < -0.4 is 5.32 Å². The van der Waals surface area contributed by atoms with E-state index in [1.807, 2.05) is 13.1 Å². The lowest BCUT2D eigenvalue weighted by Crippen LogP contribution is -2.17. The van der Waals surface area contributed by atoms with Crippen LogP contribution in [0.25, 0.3) is 0 Å². The lowest BCUT2D eigenvalue weighted by Gasteiger charge is -2.09. The molecule has 0 bridgehead atoms. The smallest absolute Gasteiger partial charge is 0.246 e. The average molecular weight is 234 g/mol. The topological polar surface area (TPSA) is 55.9 Å². The van der Waals surface area contributed by atoms with Gasteiger partial charge in [-0.1, -0.05) is 12.1 Å². The van der Waals surface area contributed by atoms with E-state index in [9.17, 15) is 0 Å². The average Bonchev–Trinajstić information content (AvgIpc) is 2.89. The van der Waals surface area contributed by atoms with Crippen molar-refractivity contribution in [2.75, 3.05) is 6.54 Å². The molecule has 0 aliphatic heterocycles. The van der Waals surface area contributed by atoms with Crippen LogP contribution >= 0.6 is 0 Å². The van der Waals surface area contributed by atoms with Gasteiger partial charge in [-0.3, -0.25) is 0 Å². The van der Waals surface area contributed by atoms with Gasteiger partial charge in [0.25, 0.3) is 0 Å². The van der Waals surface area contributed by atoms with Crippen LogP contribution in [0.15, 0.2) is 23.0 Å². The largest absolute Gasteiger partial charge is 0.345 e. The van der Waals surface area contributed by atoms with E-state index in [2.05, 4.69) is 46.1 Å². The highest BCUT2D eigenvalue weighted by Gasteiger charge is 2.07. The predicted octanol–water partition coefficient (Wildman–Crippen LogP) is 1.90. The van der Waals surface area contributed by atoms with Gasteiger partial charge in [0, 0.05) is 18.4 Å². The van der Waals surface area contributed by atoms with Gasteiger partial charge in [-0.15, -0.1) is 0 Å². The first-order valence-electron chi connectivity index (χ1n) is 5.87. The van der Waals surface area contributed by atoms with E-state index < -0.39 is 0 Å². The molecule has 0 fully saturated rings. The van der Waals surface area contributed by atoms with Crippen molar-refractivity contribution in [3.8, 4) is 0 Å². The Hall–Kier alpha value is -1.62. The summed E-state index contributed by atoms with van der Waals surface area (Å²) in [5.41, 5.74) is 1.27. The van der Waals surface area contributed by atoms with Gasteiger partial charge >= 0.3 is 0 Å². The van der Waals surface area contributed by atoms with Gasteiger partial charge in [-0.05, 0) is 32.0 Å². The number of rotatable bonds is 5. The van der Waals surface area contributed by atoms with Crippen LogP contribution in [0.1, 0.15) is 37.2 Å². The minimum atomic E-state index is 0.366. The van der Waals surface area contributed by atoms with E-state index >= 15 is 0 Å². The van der Waals surface area contributed by atoms with Crippen molar-refractivity contribution >= 4 is 0 Å². The van der Waals surface area contributed by atoms with Crippen molar-refractivity contribution in [1.29, 1.82) is 0 Å². The Morgan fingerprint density at radius 3 is 3.00 bits per heavy atom. The molecule has 5 nitrogen and oxygen atoms in total. The molecular weight excluding hydrogens is 216 g/mol. The van der Waals surface area contributed by atoms with Crippen LogP contribution in [0.4, 0.5) is 0 Å². The minimum absolute atomic E-state index is 0.366. The molecule has 92 valence electrons. The second-order valence-corrected chi connectivity index (χ2v) is 4.13. The monoisotopic (exact) mass is 234 g/mol. The van der Waals surface area contributed by atoms with E-state index in [1.165, 1.54) is 5.56 Å². The molecule has 0 amide bonds. The number of aromatic nitrogens is 3. The lowest BCUT2D eigenvalue weighted by molar-refractivity contribution is 0.367. The van der Waals surface area contributed by atoms with Crippen LogP contribution in [0, 0.1) is 6.92 Å². The number of aryl methyl sites for hydroxylation is 1. The van der Waals surface area contributed by atoms with Crippen LogP contribution in [0.3, 0.4) is 0 Å². The summed E-state index contributed by atoms with van der Waals surface area (Å²) < 4.78 is 7.14. The van der Waals surface area contributed by atoms with E-state index in [4.69, 9.17) is 4.52 Å². The van der Waals surface area contributed by atoms with Crippen molar-refractivity contribution in [1.82, 2.24) is 20.0 Å². The fourth-order valence-corrected chi connectivity index (χ4v) is 1.80. The summed E-state index contributed by atoms with van der Waals surface area (Å²) in [6.45, 7) is 7.67. The van der Waals surface area contributed by atoms with Crippen molar-refractivity contribution in [3.63, 3.8) is 0 Å². The first-order chi connectivity index (χ1) is 8.19. The first kappa shape index (κ1) is 11.9. The maximum atomic E-state index is 5.09. The molecule has 0 saturated carbocycles. The van der Waals surface area contributed by atoms with Crippen molar-refractivity contribution in [2.45, 2.75) is 33.4 Å². The van der Waals surface area contributed by atoms with Crippen LogP contribution in [-0.2, 0) is 6.54 Å². The lowest BCUT2D eigenvalue weighted by atomic mass is 10.2. The fourth-order valence-electron chi connectivity index (χ4n) is 1.80. The molecule has 0 spiro atoms. The highest BCUT2D eigenvalue weighted by Crippen LogP contribution is 2.13. The minimum Gasteiger partial charge on any atom is -0.345 e. The molecule has 2 rings (SSSR count). The summed E-state index contributed by atoms with van der Waals surface area (Å²) in [6.07, 6.45) is 4.13. The number of nitrogens with zero attached hydrogens (tertiary/aromatic N) is 3. The van der Waals surface area contributed by atoms with Gasteiger partial charge in [0.15, 0.2) is 5.82 Å². The quantitative estimate of drug-likeness (QED) is 0.858. The molecule has 17 heavy (non-hydrogen) atoms. The Labute approximate surface area is 101 Å². The molecule has 2 aromatic rings. The molecule has 0 saturated heterocycles. The van der Waals surface area contributed by atoms with Crippen molar-refractivity contribution in [2.24, 2.45) is 0 Å². The van der Waals surface area contributed by atoms with E-state index in [1.54, 1.807) is 0 Å². The molecular formula is C12H18N4O. The maximum absolute atomic E-state index is 5.09. The summed E-state index contributed by atoms with van der Waals surface area (Å²) in [6, 6.07) is 2.47. The van der Waals surface area contributed by atoms with Crippen molar-refractivity contribution in [3.05, 3.63) is 35.7 Å². The fraction of sp³-hybridized carbons (Fsp3) is 0.500. The molecule has 2 heterocycles. The summed E-state index contributed by atoms with van der Waals surface area (Å²) in [7, 11) is 0. The number of hydrogen-bond acceptors (Lipinski definition) is 4. The predicted molar refractivity (Wildman–Crippen MR) is 64.7 cm³/mol. The summed E-state index contributed by atoms with van der Waals surface area (Å²) >= 11 is 0. The zero-order valence-electron chi connectivity index (χ0n) is 10.5. The molecule has 1 N–H and O–H groups in total. The highest BCUT2D eigenvalue weighted by molar-refractivity contribution is 5.15. The Balaban J connectivity index is 2.03. The molecule has 1 atom stereocenters. The van der Waals surface area contributed by atoms with E-state index in [0.717, 1.165) is 6.54 Å². The van der Waals surface area contributed by atoms with Gasteiger partial charge in [-0.25, -0.2) is 0 Å². The highest BCUT2D eigenvalue weighted by atomic mass is 16.5. The van der Waals surface area contributed by atoms with Gasteiger partial charge in [0.2, 0.25) is 5.89 Å². The number of nitrogens with one attached hydrogen (secondary N) is 1. The van der Waals surface area contributed by atoms with Crippen LogP contribution in [0.5, 0.6) is 0 Å². The summed E-state index contributed by atoms with van der Waals surface area (Å²) in [5, 5.41) is 7.15. The Morgan fingerprint density at radius 1 is 1.53 bits per heavy atom. The third-order valence-corrected chi connectivity index (χ3v) is 2.67. The molecule has 5 heteroatoms. The van der Waals surface area contributed by atoms with Gasteiger partial charge in [-0.2, -0.15) is 4.98 Å². The molecule has 0 aliphatic rings. The van der Waals surface area contributed by atoms with Gasteiger partial charge in [0.05, 0.1) is 0 Å². The SMILES string of the molecule is CCNC(C)c1ccn(Cc2nc(C)no2)c1. The molecule has 0 aromatic carbocycles. The maximum Gasteiger partial charge on any atom is 0.246 e. The second kappa shape index (κ2) is 5.14. The second-order valence-electron chi connectivity index (χ2n) is 4.13. The zero-order chi connectivity index (χ0) is 12.3. The standard InChI is InChI=1S/C12H18N4O/c1-4-13-9(2)11-5-6-16(7-11)8-12-14-10(3)15-17-12/h5-7,9,13H,4,8H2,1-3H3. The van der Waals surface area contributed by atoms with Crippen LogP contribution in [0.2, 0.25) is 0 Å². The normalized spacial score (nSPS) is 12.9. The zero-order valence-corrected chi connectivity index (χ0v) is 10.5. The van der Waals surface area contributed by atoms with Gasteiger partial charge in [0.1, 0.15) is 6.54 Å². The van der Waals surface area contributed by atoms with Crippen molar-refractivity contribution < 1.29 is 4.52 Å². The first-order valence-corrected chi connectivity index (χ1v) is 5.87. The molecule has 0 aliphatic carbocycles. The molecule has 2 aromatic heterocycles. The van der Waals surface area contributed by atoms with E-state index in [-0.39, 0.29) is 0 Å². The third kappa shape index (κ3) is 2.94. The summed E-state index contributed by atoms with van der Waals surface area (Å²) in [5.74, 6) is 1.31. The Morgan fingerprint density at radius 2 is 2.35 bits per heavy atom. The molecule has 0 radical (unpaired) electrons.